The van der Waals surface area contributed by atoms with Gasteiger partial charge in [-0.3, -0.25) is 4.79 Å². The molecule has 1 saturated carbocycles. The van der Waals surface area contributed by atoms with Crippen LogP contribution in [0.2, 0.25) is 0 Å². The van der Waals surface area contributed by atoms with Crippen molar-refractivity contribution in [3.05, 3.63) is 12.2 Å². The minimum absolute atomic E-state index is 0.0537. The first-order valence-electron chi connectivity index (χ1n) is 4.64. The fraction of sp³-hybridized carbons (Fsp3) is 0.700. The summed E-state index contributed by atoms with van der Waals surface area (Å²) in [6, 6.07) is -0.0537. The average molecular weight is 183 g/mol. The average Bonchev–Trinajstić information content (AvgIpc) is 2.02. The van der Waals surface area contributed by atoms with Crippen LogP contribution in [0.3, 0.4) is 0 Å². The van der Waals surface area contributed by atoms with E-state index in [4.69, 9.17) is 5.73 Å². The van der Waals surface area contributed by atoms with Crippen molar-refractivity contribution >= 4 is 5.78 Å². The van der Waals surface area contributed by atoms with Gasteiger partial charge in [0, 0.05) is 6.04 Å². The molecule has 13 heavy (non-hydrogen) atoms. The Morgan fingerprint density at radius 3 is 2.77 bits per heavy atom. The second-order valence-corrected chi connectivity index (χ2v) is 4.00. The number of Topliss-reactive ketones (excluding diaryl/α,β-unsaturated/α-hetero) is 1. The topological polar surface area (TPSA) is 63.3 Å². The lowest BCUT2D eigenvalue weighted by Crippen LogP contribution is -2.47. The predicted octanol–water partition coefficient (Wildman–Crippen LogP) is 0.764. The van der Waals surface area contributed by atoms with Crippen molar-refractivity contribution in [1.29, 1.82) is 0 Å². The molecule has 0 radical (unpaired) electrons. The van der Waals surface area contributed by atoms with E-state index in [2.05, 4.69) is 6.58 Å². The molecule has 3 nitrogen and oxygen atoms in total. The fourth-order valence-electron chi connectivity index (χ4n) is 1.90. The molecular formula is C10H17NO2. The Morgan fingerprint density at radius 2 is 2.31 bits per heavy atom. The van der Waals surface area contributed by atoms with Crippen molar-refractivity contribution in [3.8, 4) is 0 Å². The standard InChI is InChI=1S/C10H17NO2/c1-7(2)9(12)10(13)5-3-4-8(11)6-10/h8,13H,1,3-6,11H2,2H3. The van der Waals surface area contributed by atoms with Gasteiger partial charge in [0.1, 0.15) is 5.60 Å². The predicted molar refractivity (Wildman–Crippen MR) is 51.2 cm³/mol. The van der Waals surface area contributed by atoms with Gasteiger partial charge in [-0.25, -0.2) is 0 Å². The lowest BCUT2D eigenvalue weighted by Gasteiger charge is -2.34. The molecule has 2 atom stereocenters. The van der Waals surface area contributed by atoms with Crippen molar-refractivity contribution in [2.75, 3.05) is 0 Å². The molecule has 0 aromatic carbocycles. The molecule has 0 bridgehead atoms. The third kappa shape index (κ3) is 2.17. The first-order chi connectivity index (χ1) is 5.96. The van der Waals surface area contributed by atoms with Gasteiger partial charge in [0.2, 0.25) is 0 Å². The summed E-state index contributed by atoms with van der Waals surface area (Å²) in [7, 11) is 0. The smallest absolute Gasteiger partial charge is 0.189 e. The van der Waals surface area contributed by atoms with E-state index in [1.165, 1.54) is 0 Å². The van der Waals surface area contributed by atoms with E-state index in [0.717, 1.165) is 12.8 Å². The number of ketones is 1. The second-order valence-electron chi connectivity index (χ2n) is 4.00. The van der Waals surface area contributed by atoms with Crippen molar-refractivity contribution in [2.45, 2.75) is 44.2 Å². The summed E-state index contributed by atoms with van der Waals surface area (Å²) in [5, 5.41) is 9.99. The Bertz CT molecular complexity index is 237. The molecule has 1 aliphatic rings. The van der Waals surface area contributed by atoms with Crippen molar-refractivity contribution in [2.24, 2.45) is 5.73 Å². The van der Waals surface area contributed by atoms with Crippen LogP contribution in [-0.4, -0.2) is 22.5 Å². The quantitative estimate of drug-likeness (QED) is 0.621. The molecular weight excluding hydrogens is 166 g/mol. The van der Waals surface area contributed by atoms with E-state index in [1.807, 2.05) is 0 Å². The Morgan fingerprint density at radius 1 is 1.69 bits per heavy atom. The van der Waals surface area contributed by atoms with Crippen LogP contribution < -0.4 is 5.73 Å². The largest absolute Gasteiger partial charge is 0.382 e. The third-order valence-corrected chi connectivity index (χ3v) is 2.58. The summed E-state index contributed by atoms with van der Waals surface area (Å²) in [5.74, 6) is -0.248. The first-order valence-corrected chi connectivity index (χ1v) is 4.64. The molecule has 1 fully saturated rings. The number of hydrogen-bond donors (Lipinski definition) is 2. The lowest BCUT2D eigenvalue weighted by molar-refractivity contribution is -0.136. The Labute approximate surface area is 78.6 Å². The Hall–Kier alpha value is -0.670. The van der Waals surface area contributed by atoms with Gasteiger partial charge in [0.05, 0.1) is 0 Å². The second kappa shape index (κ2) is 3.60. The Kier molecular flexibility index (Phi) is 2.88. The highest BCUT2D eigenvalue weighted by molar-refractivity contribution is 6.00. The van der Waals surface area contributed by atoms with Gasteiger partial charge in [0.15, 0.2) is 5.78 Å². The van der Waals surface area contributed by atoms with E-state index in [1.54, 1.807) is 6.92 Å². The van der Waals surface area contributed by atoms with Crippen molar-refractivity contribution < 1.29 is 9.90 Å². The number of carbonyl (C=O) groups is 1. The van der Waals surface area contributed by atoms with Gasteiger partial charge in [-0.15, -0.1) is 0 Å². The number of carbonyl (C=O) groups excluding carboxylic acids is 1. The molecule has 1 aliphatic carbocycles. The van der Waals surface area contributed by atoms with Crippen LogP contribution >= 0.6 is 0 Å². The van der Waals surface area contributed by atoms with E-state index in [0.29, 0.717) is 18.4 Å². The van der Waals surface area contributed by atoms with Gasteiger partial charge in [-0.05, 0) is 38.2 Å². The van der Waals surface area contributed by atoms with Crippen molar-refractivity contribution in [3.63, 3.8) is 0 Å². The summed E-state index contributed by atoms with van der Waals surface area (Å²) >= 11 is 0. The Balaban J connectivity index is 2.74. The van der Waals surface area contributed by atoms with E-state index < -0.39 is 5.60 Å². The molecule has 0 amide bonds. The number of aliphatic hydroxyl groups is 1. The normalized spacial score (nSPS) is 34.2. The van der Waals surface area contributed by atoms with Gasteiger partial charge in [-0.2, -0.15) is 0 Å². The van der Waals surface area contributed by atoms with Gasteiger partial charge >= 0.3 is 0 Å². The van der Waals surface area contributed by atoms with Crippen LogP contribution in [0.5, 0.6) is 0 Å². The molecule has 0 spiro atoms. The van der Waals surface area contributed by atoms with Gasteiger partial charge in [-0.1, -0.05) is 6.58 Å². The number of rotatable bonds is 2. The summed E-state index contributed by atoms with van der Waals surface area (Å²) in [6.45, 7) is 5.18. The van der Waals surface area contributed by atoms with Gasteiger partial charge < -0.3 is 10.8 Å². The molecule has 0 saturated heterocycles. The van der Waals surface area contributed by atoms with Crippen LogP contribution in [0, 0.1) is 0 Å². The molecule has 3 heteroatoms. The molecule has 1 rings (SSSR count). The molecule has 0 heterocycles. The fourth-order valence-corrected chi connectivity index (χ4v) is 1.90. The number of nitrogens with two attached hydrogens (primary N) is 1. The highest BCUT2D eigenvalue weighted by Gasteiger charge is 2.39. The highest BCUT2D eigenvalue weighted by Crippen LogP contribution is 2.29. The SMILES string of the molecule is C=C(C)C(=O)C1(O)CCCC(N)C1. The van der Waals surface area contributed by atoms with Crippen LogP contribution in [0.4, 0.5) is 0 Å². The van der Waals surface area contributed by atoms with E-state index in [-0.39, 0.29) is 11.8 Å². The zero-order chi connectivity index (χ0) is 10.1. The lowest BCUT2D eigenvalue weighted by atomic mass is 9.78. The summed E-state index contributed by atoms with van der Waals surface area (Å²) in [4.78, 5) is 11.6. The molecule has 0 aliphatic heterocycles. The van der Waals surface area contributed by atoms with Crippen LogP contribution in [0.1, 0.15) is 32.6 Å². The maximum Gasteiger partial charge on any atom is 0.189 e. The third-order valence-electron chi connectivity index (χ3n) is 2.58. The van der Waals surface area contributed by atoms with Crippen molar-refractivity contribution in [1.82, 2.24) is 0 Å². The van der Waals surface area contributed by atoms with Gasteiger partial charge in [0.25, 0.3) is 0 Å². The zero-order valence-corrected chi connectivity index (χ0v) is 8.05. The number of hydrogen-bond acceptors (Lipinski definition) is 3. The minimum Gasteiger partial charge on any atom is -0.382 e. The summed E-state index contributed by atoms with van der Waals surface area (Å²) in [5.41, 5.74) is 4.89. The molecule has 0 aromatic rings. The molecule has 0 aromatic heterocycles. The molecule has 3 N–H and O–H groups in total. The molecule has 74 valence electrons. The summed E-state index contributed by atoms with van der Waals surface area (Å²) in [6.07, 6.45) is 2.60. The maximum atomic E-state index is 11.6. The molecule has 2 unspecified atom stereocenters. The first kappa shape index (κ1) is 10.4. The van der Waals surface area contributed by atoms with Crippen LogP contribution in [0.25, 0.3) is 0 Å². The summed E-state index contributed by atoms with van der Waals surface area (Å²) < 4.78 is 0. The van der Waals surface area contributed by atoms with E-state index in [9.17, 15) is 9.90 Å². The maximum absolute atomic E-state index is 11.6. The van der Waals surface area contributed by atoms with E-state index >= 15 is 0 Å². The van der Waals surface area contributed by atoms with Crippen LogP contribution in [0.15, 0.2) is 12.2 Å². The zero-order valence-electron chi connectivity index (χ0n) is 8.05. The minimum atomic E-state index is -1.23. The highest BCUT2D eigenvalue weighted by atomic mass is 16.3. The monoisotopic (exact) mass is 183 g/mol. The van der Waals surface area contributed by atoms with Crippen LogP contribution in [-0.2, 0) is 4.79 Å².